The number of hydrogen-bond acceptors (Lipinski definition) is 2. The van der Waals surface area contributed by atoms with Gasteiger partial charge in [-0.25, -0.2) is 9.37 Å². The van der Waals surface area contributed by atoms with E-state index in [2.05, 4.69) is 4.98 Å². The van der Waals surface area contributed by atoms with Gasteiger partial charge in [-0.05, 0) is 6.07 Å². The molecule has 0 spiro atoms. The van der Waals surface area contributed by atoms with Crippen molar-refractivity contribution in [2.75, 3.05) is 0 Å². The molecule has 1 rings (SSSR count). The molecule has 0 atom stereocenters. The van der Waals surface area contributed by atoms with E-state index in [-0.39, 0.29) is 11.6 Å². The lowest BCUT2D eigenvalue weighted by Gasteiger charge is -1.96. The van der Waals surface area contributed by atoms with Gasteiger partial charge in [0.25, 0.3) is 0 Å². The first-order valence-electron chi connectivity index (χ1n) is 3.85. The summed E-state index contributed by atoms with van der Waals surface area (Å²) in [5.41, 5.74) is 5.34. The average molecular weight is 215 g/mol. The van der Waals surface area contributed by atoms with Crippen LogP contribution < -0.4 is 5.73 Å². The molecule has 0 aromatic carbocycles. The number of nitrogens with two attached hydrogens (primary N) is 1. The number of carbonyl (C=O) groups excluding carboxylic acids is 1. The zero-order valence-corrected chi connectivity index (χ0v) is 7.96. The zero-order chi connectivity index (χ0) is 10.6. The fourth-order valence-corrected chi connectivity index (χ4v) is 1.02. The number of hydrogen-bond donors (Lipinski definition) is 1. The van der Waals surface area contributed by atoms with E-state index in [0.717, 1.165) is 6.20 Å². The van der Waals surface area contributed by atoms with Crippen LogP contribution in [0.15, 0.2) is 18.3 Å². The monoisotopic (exact) mass is 214 g/mol. The Bertz CT molecular complexity index is 379. The SMILES string of the molecule is NC(=O)CC=Cc1cc(F)cnc1Cl. The molecule has 0 saturated heterocycles. The molecule has 0 saturated carbocycles. The minimum absolute atomic E-state index is 0.0901. The molecule has 2 N–H and O–H groups in total. The molecule has 74 valence electrons. The molecule has 0 unspecified atom stereocenters. The molecule has 0 fully saturated rings. The molecule has 14 heavy (non-hydrogen) atoms. The predicted octanol–water partition coefficient (Wildman–Crippen LogP) is 1.76. The summed E-state index contributed by atoms with van der Waals surface area (Å²) in [6.07, 6.45) is 4.12. The average Bonchev–Trinajstić information content (AvgIpc) is 2.10. The van der Waals surface area contributed by atoms with Gasteiger partial charge in [-0.2, -0.15) is 0 Å². The van der Waals surface area contributed by atoms with Crippen LogP contribution in [0, 0.1) is 5.82 Å². The maximum Gasteiger partial charge on any atom is 0.221 e. The Morgan fingerprint density at radius 1 is 1.71 bits per heavy atom. The van der Waals surface area contributed by atoms with E-state index in [9.17, 15) is 9.18 Å². The summed E-state index contributed by atoms with van der Waals surface area (Å²) in [4.78, 5) is 14.0. The summed E-state index contributed by atoms with van der Waals surface area (Å²) in [7, 11) is 0. The summed E-state index contributed by atoms with van der Waals surface area (Å²) in [5.74, 6) is -0.935. The van der Waals surface area contributed by atoms with Gasteiger partial charge in [0.15, 0.2) is 0 Å². The van der Waals surface area contributed by atoms with E-state index in [1.54, 1.807) is 0 Å². The third kappa shape index (κ3) is 3.14. The number of nitrogens with zero attached hydrogens (tertiary/aromatic N) is 1. The summed E-state index contributed by atoms with van der Waals surface area (Å²) in [6.45, 7) is 0. The van der Waals surface area contributed by atoms with Gasteiger partial charge in [-0.1, -0.05) is 23.8 Å². The number of primary amides is 1. The summed E-state index contributed by atoms with van der Waals surface area (Å²) in [6, 6.07) is 1.23. The molecule has 5 heteroatoms. The number of amides is 1. The van der Waals surface area contributed by atoms with E-state index in [4.69, 9.17) is 17.3 Å². The molecule has 0 aliphatic carbocycles. The molecule has 1 aromatic heterocycles. The third-order valence-corrected chi connectivity index (χ3v) is 1.77. The maximum atomic E-state index is 12.7. The minimum Gasteiger partial charge on any atom is -0.369 e. The van der Waals surface area contributed by atoms with Crippen molar-refractivity contribution in [3.63, 3.8) is 0 Å². The van der Waals surface area contributed by atoms with Crippen LogP contribution in [0.4, 0.5) is 4.39 Å². The van der Waals surface area contributed by atoms with Crippen LogP contribution in [0.5, 0.6) is 0 Å². The second kappa shape index (κ2) is 4.72. The molecule has 0 bridgehead atoms. The van der Waals surface area contributed by atoms with E-state index in [1.165, 1.54) is 18.2 Å². The van der Waals surface area contributed by atoms with Crippen molar-refractivity contribution in [2.45, 2.75) is 6.42 Å². The normalized spacial score (nSPS) is 10.7. The highest BCUT2D eigenvalue weighted by atomic mass is 35.5. The van der Waals surface area contributed by atoms with E-state index < -0.39 is 11.7 Å². The fourth-order valence-electron chi connectivity index (χ4n) is 0.857. The lowest BCUT2D eigenvalue weighted by molar-refractivity contribution is -0.117. The third-order valence-electron chi connectivity index (χ3n) is 1.45. The van der Waals surface area contributed by atoms with Crippen LogP contribution in [0.2, 0.25) is 5.15 Å². The predicted molar refractivity (Wildman–Crippen MR) is 52.1 cm³/mol. The number of carbonyl (C=O) groups is 1. The number of halogens is 2. The fraction of sp³-hybridized carbons (Fsp3) is 0.111. The maximum absolute atomic E-state index is 12.7. The zero-order valence-electron chi connectivity index (χ0n) is 7.21. The Hall–Kier alpha value is -1.42. The molecule has 1 aromatic rings. The van der Waals surface area contributed by atoms with Crippen molar-refractivity contribution >= 4 is 23.6 Å². The van der Waals surface area contributed by atoms with E-state index in [1.807, 2.05) is 0 Å². The van der Waals surface area contributed by atoms with Gasteiger partial charge < -0.3 is 5.73 Å². The van der Waals surface area contributed by atoms with Crippen molar-refractivity contribution in [1.29, 1.82) is 0 Å². The summed E-state index contributed by atoms with van der Waals surface area (Å²) < 4.78 is 12.7. The highest BCUT2D eigenvalue weighted by Crippen LogP contribution is 2.15. The first kappa shape index (κ1) is 10.7. The van der Waals surface area contributed by atoms with E-state index >= 15 is 0 Å². The van der Waals surface area contributed by atoms with Crippen LogP contribution >= 0.6 is 11.6 Å². The molecule has 3 nitrogen and oxygen atoms in total. The first-order valence-corrected chi connectivity index (χ1v) is 4.23. The Morgan fingerprint density at radius 2 is 2.43 bits per heavy atom. The van der Waals surface area contributed by atoms with Crippen molar-refractivity contribution in [2.24, 2.45) is 5.73 Å². The Balaban J connectivity index is 2.80. The van der Waals surface area contributed by atoms with Crippen molar-refractivity contribution in [3.8, 4) is 0 Å². The van der Waals surface area contributed by atoms with Gasteiger partial charge in [0.05, 0.1) is 6.20 Å². The second-order valence-corrected chi connectivity index (χ2v) is 2.96. The van der Waals surface area contributed by atoms with Crippen LogP contribution in [-0.2, 0) is 4.79 Å². The lowest BCUT2D eigenvalue weighted by Crippen LogP contribution is -2.07. The van der Waals surface area contributed by atoms with Gasteiger partial charge in [-0.15, -0.1) is 0 Å². The second-order valence-electron chi connectivity index (χ2n) is 2.61. The molecule has 1 amide bonds. The molecule has 0 radical (unpaired) electrons. The van der Waals surface area contributed by atoms with Gasteiger partial charge in [-0.3, -0.25) is 4.79 Å². The van der Waals surface area contributed by atoms with E-state index in [0.29, 0.717) is 5.56 Å². The Kier molecular flexibility index (Phi) is 3.59. The van der Waals surface area contributed by atoms with Crippen LogP contribution in [0.1, 0.15) is 12.0 Å². The summed E-state index contributed by atoms with van der Waals surface area (Å²) in [5, 5.41) is 0.187. The number of pyridine rings is 1. The quantitative estimate of drug-likeness (QED) is 0.780. The van der Waals surface area contributed by atoms with Gasteiger partial charge in [0, 0.05) is 12.0 Å². The lowest BCUT2D eigenvalue weighted by atomic mass is 10.2. The smallest absolute Gasteiger partial charge is 0.221 e. The first-order chi connectivity index (χ1) is 6.59. The molecular formula is C9H8ClFN2O. The largest absolute Gasteiger partial charge is 0.369 e. The minimum atomic E-state index is -0.479. The molecular weight excluding hydrogens is 207 g/mol. The van der Waals surface area contributed by atoms with Crippen LogP contribution in [-0.4, -0.2) is 10.9 Å². The Labute approximate surface area is 85.4 Å². The Morgan fingerprint density at radius 3 is 3.07 bits per heavy atom. The highest BCUT2D eigenvalue weighted by molar-refractivity contribution is 6.30. The van der Waals surface area contributed by atoms with Gasteiger partial charge >= 0.3 is 0 Å². The molecule has 0 aliphatic rings. The standard InChI is InChI=1S/C9H8ClFN2O/c10-9-6(2-1-3-8(12)14)4-7(11)5-13-9/h1-2,4-5H,3H2,(H2,12,14). The van der Waals surface area contributed by atoms with Crippen molar-refractivity contribution < 1.29 is 9.18 Å². The molecule has 0 aliphatic heterocycles. The van der Waals surface area contributed by atoms with Crippen molar-refractivity contribution in [1.82, 2.24) is 4.98 Å². The molecule has 1 heterocycles. The number of rotatable bonds is 3. The van der Waals surface area contributed by atoms with Crippen LogP contribution in [0.3, 0.4) is 0 Å². The van der Waals surface area contributed by atoms with Gasteiger partial charge in [0.1, 0.15) is 11.0 Å². The van der Waals surface area contributed by atoms with Crippen molar-refractivity contribution in [3.05, 3.63) is 34.9 Å². The van der Waals surface area contributed by atoms with Gasteiger partial charge in [0.2, 0.25) is 5.91 Å². The van der Waals surface area contributed by atoms with Crippen LogP contribution in [0.25, 0.3) is 6.08 Å². The number of aromatic nitrogens is 1. The topological polar surface area (TPSA) is 56.0 Å². The highest BCUT2D eigenvalue weighted by Gasteiger charge is 1.99. The summed E-state index contributed by atoms with van der Waals surface area (Å²) >= 11 is 5.67.